The van der Waals surface area contributed by atoms with Gasteiger partial charge in [0.25, 0.3) is 0 Å². The van der Waals surface area contributed by atoms with Crippen LogP contribution in [-0.2, 0) is 0 Å². The van der Waals surface area contributed by atoms with Crippen molar-refractivity contribution in [1.82, 2.24) is 0 Å². The van der Waals surface area contributed by atoms with Crippen LogP contribution in [0.4, 0.5) is 0 Å². The van der Waals surface area contributed by atoms with Crippen molar-refractivity contribution in [3.63, 3.8) is 0 Å². The summed E-state index contributed by atoms with van der Waals surface area (Å²) in [6.45, 7) is 13.7. The average molecular weight is 220 g/mol. The molecule has 2 atom stereocenters. The molecule has 0 amide bonds. The topological polar surface area (TPSA) is 26.0 Å². The molecular weight excluding hydrogens is 194 g/mol. The zero-order valence-electron chi connectivity index (χ0n) is 10.0. The molecule has 0 aliphatic carbocycles. The van der Waals surface area contributed by atoms with Crippen LogP contribution in [0, 0.1) is 17.3 Å². The molecule has 2 N–H and O–H groups in total. The second kappa shape index (κ2) is 7.30. The highest BCUT2D eigenvalue weighted by Crippen LogP contribution is 2.31. The molecule has 0 saturated heterocycles. The summed E-state index contributed by atoms with van der Waals surface area (Å²) in [5.41, 5.74) is 6.10. The Morgan fingerprint density at radius 2 is 1.86 bits per heavy atom. The first-order chi connectivity index (χ1) is 5.91. The summed E-state index contributed by atoms with van der Waals surface area (Å²) in [5.74, 6) is 1.34. The maximum absolute atomic E-state index is 5.70. The van der Waals surface area contributed by atoms with Gasteiger partial charge in [0, 0.05) is 0 Å². The van der Waals surface area contributed by atoms with Crippen molar-refractivity contribution in [3.05, 3.63) is 12.7 Å². The summed E-state index contributed by atoms with van der Waals surface area (Å²) >= 11 is 0. The standard InChI is InChI=1S/C12H25N.ClH/c1-6-7-11(9-13)8-10(2)12(3,4)5;/h6,10-11H,1,7-9,13H2,2-5H3;1H. The van der Waals surface area contributed by atoms with Gasteiger partial charge in [0.15, 0.2) is 0 Å². The number of halogens is 1. The van der Waals surface area contributed by atoms with Gasteiger partial charge in [-0.25, -0.2) is 0 Å². The average Bonchev–Trinajstić information content (AvgIpc) is 2.01. The molecule has 0 bridgehead atoms. The largest absolute Gasteiger partial charge is 0.330 e. The minimum absolute atomic E-state index is 0. The highest BCUT2D eigenvalue weighted by atomic mass is 35.5. The van der Waals surface area contributed by atoms with Crippen LogP contribution >= 0.6 is 12.4 Å². The Bertz CT molecular complexity index is 149. The Hall–Kier alpha value is -0.0100. The lowest BCUT2D eigenvalue weighted by atomic mass is 9.76. The summed E-state index contributed by atoms with van der Waals surface area (Å²) in [4.78, 5) is 0. The summed E-state index contributed by atoms with van der Waals surface area (Å²) in [5, 5.41) is 0. The monoisotopic (exact) mass is 219 g/mol. The number of allylic oxidation sites excluding steroid dienone is 1. The fourth-order valence-electron chi connectivity index (χ4n) is 1.38. The molecule has 86 valence electrons. The molecule has 14 heavy (non-hydrogen) atoms. The van der Waals surface area contributed by atoms with Gasteiger partial charge in [-0.05, 0) is 36.6 Å². The van der Waals surface area contributed by atoms with Gasteiger partial charge < -0.3 is 5.73 Å². The van der Waals surface area contributed by atoms with Gasteiger partial charge in [-0.15, -0.1) is 19.0 Å². The zero-order valence-corrected chi connectivity index (χ0v) is 10.9. The number of nitrogens with two attached hydrogens (primary N) is 1. The molecule has 2 heteroatoms. The quantitative estimate of drug-likeness (QED) is 0.703. The Morgan fingerprint density at radius 3 is 2.14 bits per heavy atom. The second-order valence-corrected chi connectivity index (χ2v) is 5.13. The fourth-order valence-corrected chi connectivity index (χ4v) is 1.38. The van der Waals surface area contributed by atoms with Crippen molar-refractivity contribution in [2.45, 2.75) is 40.5 Å². The number of hydrogen-bond donors (Lipinski definition) is 1. The van der Waals surface area contributed by atoms with E-state index in [4.69, 9.17) is 5.73 Å². The first kappa shape index (κ1) is 16.4. The van der Waals surface area contributed by atoms with Gasteiger partial charge >= 0.3 is 0 Å². The summed E-state index contributed by atoms with van der Waals surface area (Å²) < 4.78 is 0. The van der Waals surface area contributed by atoms with Gasteiger partial charge in [0.1, 0.15) is 0 Å². The van der Waals surface area contributed by atoms with Crippen LogP contribution in [0.25, 0.3) is 0 Å². The predicted molar refractivity (Wildman–Crippen MR) is 67.8 cm³/mol. The molecule has 0 aliphatic heterocycles. The minimum atomic E-state index is 0. The summed E-state index contributed by atoms with van der Waals surface area (Å²) in [6.07, 6.45) is 4.25. The summed E-state index contributed by atoms with van der Waals surface area (Å²) in [6, 6.07) is 0. The zero-order chi connectivity index (χ0) is 10.5. The van der Waals surface area contributed by atoms with E-state index in [2.05, 4.69) is 34.3 Å². The Kier molecular flexibility index (Phi) is 8.57. The van der Waals surface area contributed by atoms with Gasteiger partial charge in [-0.2, -0.15) is 0 Å². The Morgan fingerprint density at radius 1 is 1.36 bits per heavy atom. The summed E-state index contributed by atoms with van der Waals surface area (Å²) in [7, 11) is 0. The van der Waals surface area contributed by atoms with Crippen LogP contribution in [0.2, 0.25) is 0 Å². The molecule has 0 saturated carbocycles. The molecule has 0 aromatic rings. The van der Waals surface area contributed by atoms with Gasteiger partial charge in [-0.3, -0.25) is 0 Å². The lowest BCUT2D eigenvalue weighted by molar-refractivity contribution is 0.216. The Balaban J connectivity index is 0. The third-order valence-electron chi connectivity index (χ3n) is 3.00. The molecule has 0 heterocycles. The van der Waals surface area contributed by atoms with Crippen LogP contribution in [0.3, 0.4) is 0 Å². The number of hydrogen-bond acceptors (Lipinski definition) is 1. The van der Waals surface area contributed by atoms with Crippen molar-refractivity contribution in [1.29, 1.82) is 0 Å². The normalized spacial score (nSPS) is 15.5. The van der Waals surface area contributed by atoms with Crippen LogP contribution in [0.1, 0.15) is 40.5 Å². The molecule has 0 aliphatic rings. The molecule has 2 unspecified atom stereocenters. The minimum Gasteiger partial charge on any atom is -0.330 e. The first-order valence-electron chi connectivity index (χ1n) is 5.22. The van der Waals surface area contributed by atoms with E-state index in [9.17, 15) is 0 Å². The van der Waals surface area contributed by atoms with Crippen LogP contribution in [-0.4, -0.2) is 6.54 Å². The van der Waals surface area contributed by atoms with Gasteiger partial charge in [-0.1, -0.05) is 33.8 Å². The molecule has 1 nitrogen and oxygen atoms in total. The van der Waals surface area contributed by atoms with Crippen LogP contribution in [0.5, 0.6) is 0 Å². The highest BCUT2D eigenvalue weighted by Gasteiger charge is 2.22. The van der Waals surface area contributed by atoms with E-state index >= 15 is 0 Å². The lowest BCUT2D eigenvalue weighted by Gasteiger charge is -2.30. The maximum atomic E-state index is 5.70. The SMILES string of the molecule is C=CCC(CN)CC(C)C(C)(C)C.Cl. The molecular formula is C12H26ClN. The van der Waals surface area contributed by atoms with Gasteiger partial charge in [0.2, 0.25) is 0 Å². The van der Waals surface area contributed by atoms with Crippen molar-refractivity contribution in [3.8, 4) is 0 Å². The van der Waals surface area contributed by atoms with E-state index in [1.807, 2.05) is 6.08 Å². The molecule has 0 aromatic carbocycles. The third-order valence-corrected chi connectivity index (χ3v) is 3.00. The second-order valence-electron chi connectivity index (χ2n) is 5.13. The first-order valence-corrected chi connectivity index (χ1v) is 5.22. The molecule has 0 spiro atoms. The van der Waals surface area contributed by atoms with E-state index in [1.165, 1.54) is 6.42 Å². The third kappa shape index (κ3) is 6.44. The molecule has 0 aromatic heterocycles. The molecule has 0 fully saturated rings. The number of rotatable bonds is 5. The Labute approximate surface area is 95.6 Å². The lowest BCUT2D eigenvalue weighted by Crippen LogP contribution is -2.24. The van der Waals surface area contributed by atoms with Crippen molar-refractivity contribution < 1.29 is 0 Å². The van der Waals surface area contributed by atoms with Gasteiger partial charge in [0.05, 0.1) is 0 Å². The van der Waals surface area contributed by atoms with Crippen molar-refractivity contribution in [2.75, 3.05) is 6.54 Å². The fraction of sp³-hybridized carbons (Fsp3) is 0.833. The van der Waals surface area contributed by atoms with Crippen LogP contribution < -0.4 is 5.73 Å². The smallest absolute Gasteiger partial charge is 0.00458 e. The van der Waals surface area contributed by atoms with E-state index in [1.54, 1.807) is 0 Å². The van der Waals surface area contributed by atoms with Crippen LogP contribution in [0.15, 0.2) is 12.7 Å². The maximum Gasteiger partial charge on any atom is -0.00458 e. The predicted octanol–water partition coefficient (Wildman–Crippen LogP) is 3.63. The van der Waals surface area contributed by atoms with E-state index in [-0.39, 0.29) is 12.4 Å². The molecule has 0 rings (SSSR count). The van der Waals surface area contributed by atoms with Crippen molar-refractivity contribution >= 4 is 12.4 Å². The highest BCUT2D eigenvalue weighted by molar-refractivity contribution is 5.85. The van der Waals surface area contributed by atoms with E-state index in [0.717, 1.165) is 18.9 Å². The van der Waals surface area contributed by atoms with E-state index in [0.29, 0.717) is 11.3 Å². The molecule has 0 radical (unpaired) electrons. The van der Waals surface area contributed by atoms with E-state index < -0.39 is 0 Å². The van der Waals surface area contributed by atoms with Crippen molar-refractivity contribution in [2.24, 2.45) is 23.0 Å².